The highest BCUT2D eigenvalue weighted by Crippen LogP contribution is 2.27. The standard InChI is InChI=1S/C7H10FNO3S3/c1-15(10,11)12-6-5-14-7(9-6)13-4-2-3-8/h5H,2-4H2,1H3. The van der Waals surface area contributed by atoms with Crippen molar-refractivity contribution in [3.8, 4) is 5.88 Å². The molecule has 86 valence electrons. The number of hydrogen-bond donors (Lipinski definition) is 0. The molecule has 0 aliphatic rings. The lowest BCUT2D eigenvalue weighted by Gasteiger charge is -1.96. The fraction of sp³-hybridized carbons (Fsp3) is 0.571. The first-order valence-electron chi connectivity index (χ1n) is 4.05. The number of hydrogen-bond acceptors (Lipinski definition) is 6. The van der Waals surface area contributed by atoms with Crippen LogP contribution in [-0.2, 0) is 10.1 Å². The van der Waals surface area contributed by atoms with Gasteiger partial charge in [0.1, 0.15) is 0 Å². The van der Waals surface area contributed by atoms with E-state index in [9.17, 15) is 12.8 Å². The molecule has 1 aromatic rings. The molecule has 0 aliphatic carbocycles. The molecule has 0 atom stereocenters. The van der Waals surface area contributed by atoms with Crippen molar-refractivity contribution >= 4 is 33.2 Å². The molecule has 15 heavy (non-hydrogen) atoms. The Balaban J connectivity index is 2.49. The normalized spacial score (nSPS) is 11.6. The number of alkyl halides is 1. The minimum Gasteiger partial charge on any atom is -0.361 e. The predicted octanol–water partition coefficient (Wildman–Crippen LogP) is 1.93. The summed E-state index contributed by atoms with van der Waals surface area (Å²) in [4.78, 5) is 3.93. The maximum absolute atomic E-state index is 11.8. The van der Waals surface area contributed by atoms with Crippen molar-refractivity contribution in [3.63, 3.8) is 0 Å². The second kappa shape index (κ2) is 5.66. The third kappa shape index (κ3) is 5.33. The van der Waals surface area contributed by atoms with Crippen LogP contribution < -0.4 is 4.18 Å². The van der Waals surface area contributed by atoms with Crippen LogP contribution in [0.3, 0.4) is 0 Å². The van der Waals surface area contributed by atoms with Gasteiger partial charge in [0.05, 0.1) is 18.3 Å². The second-order valence-corrected chi connectivity index (χ2v) is 6.41. The van der Waals surface area contributed by atoms with E-state index in [4.69, 9.17) is 0 Å². The number of aromatic nitrogens is 1. The van der Waals surface area contributed by atoms with E-state index in [1.54, 1.807) is 0 Å². The van der Waals surface area contributed by atoms with E-state index in [1.807, 2.05) is 0 Å². The zero-order chi connectivity index (χ0) is 11.3. The minimum absolute atomic E-state index is 0.0743. The van der Waals surface area contributed by atoms with E-state index in [0.29, 0.717) is 16.5 Å². The van der Waals surface area contributed by atoms with Crippen LogP contribution in [0.5, 0.6) is 5.88 Å². The van der Waals surface area contributed by atoms with Gasteiger partial charge in [-0.15, -0.1) is 11.3 Å². The highest BCUT2D eigenvalue weighted by molar-refractivity contribution is 8.01. The monoisotopic (exact) mass is 271 g/mol. The molecule has 0 saturated heterocycles. The average molecular weight is 271 g/mol. The van der Waals surface area contributed by atoms with Crippen LogP contribution in [0, 0.1) is 0 Å². The Morgan fingerprint density at radius 3 is 3.00 bits per heavy atom. The van der Waals surface area contributed by atoms with Crippen LogP contribution in [0.4, 0.5) is 4.39 Å². The summed E-state index contributed by atoms with van der Waals surface area (Å²) in [6.07, 6.45) is 1.43. The van der Waals surface area contributed by atoms with Gasteiger partial charge in [-0.3, -0.25) is 4.39 Å². The number of rotatable bonds is 6. The van der Waals surface area contributed by atoms with Gasteiger partial charge < -0.3 is 4.18 Å². The number of thiazole rings is 1. The number of thioether (sulfide) groups is 1. The second-order valence-electron chi connectivity index (χ2n) is 2.63. The first-order valence-corrected chi connectivity index (χ1v) is 7.73. The molecule has 0 N–H and O–H groups in total. The minimum atomic E-state index is -3.51. The molecule has 0 spiro atoms. The average Bonchev–Trinajstić information content (AvgIpc) is 2.50. The first-order chi connectivity index (χ1) is 7.01. The molecule has 0 fully saturated rings. The zero-order valence-electron chi connectivity index (χ0n) is 7.97. The Morgan fingerprint density at radius 2 is 2.40 bits per heavy atom. The lowest BCUT2D eigenvalue weighted by atomic mass is 10.6. The van der Waals surface area contributed by atoms with E-state index in [-0.39, 0.29) is 12.6 Å². The first kappa shape index (κ1) is 12.7. The van der Waals surface area contributed by atoms with Gasteiger partial charge in [0.25, 0.3) is 0 Å². The van der Waals surface area contributed by atoms with Crippen molar-refractivity contribution in [2.75, 3.05) is 18.7 Å². The molecule has 4 nitrogen and oxygen atoms in total. The molecule has 0 saturated carbocycles. The maximum Gasteiger partial charge on any atom is 0.307 e. The third-order valence-electron chi connectivity index (χ3n) is 1.20. The Labute approximate surface area is 96.0 Å². The Hall–Kier alpha value is -0.340. The fourth-order valence-electron chi connectivity index (χ4n) is 0.717. The topological polar surface area (TPSA) is 56.3 Å². The highest BCUT2D eigenvalue weighted by Gasteiger charge is 2.08. The van der Waals surface area contributed by atoms with Crippen molar-refractivity contribution in [2.24, 2.45) is 0 Å². The molecule has 0 amide bonds. The number of nitrogens with zero attached hydrogens (tertiary/aromatic N) is 1. The van der Waals surface area contributed by atoms with Gasteiger partial charge in [0.2, 0.25) is 5.88 Å². The predicted molar refractivity (Wildman–Crippen MR) is 58.9 cm³/mol. The summed E-state index contributed by atoms with van der Waals surface area (Å²) >= 11 is 2.67. The van der Waals surface area contributed by atoms with E-state index in [1.165, 1.54) is 28.5 Å². The van der Waals surface area contributed by atoms with Crippen molar-refractivity contribution in [1.82, 2.24) is 4.98 Å². The molecular weight excluding hydrogens is 261 g/mol. The van der Waals surface area contributed by atoms with Gasteiger partial charge in [0, 0.05) is 5.75 Å². The Bertz CT molecular complexity index is 403. The van der Waals surface area contributed by atoms with Crippen molar-refractivity contribution in [3.05, 3.63) is 5.38 Å². The maximum atomic E-state index is 11.8. The highest BCUT2D eigenvalue weighted by atomic mass is 32.2. The molecule has 1 rings (SSSR count). The molecule has 0 aromatic carbocycles. The van der Waals surface area contributed by atoms with Crippen molar-refractivity contribution in [2.45, 2.75) is 10.8 Å². The van der Waals surface area contributed by atoms with Crippen LogP contribution >= 0.6 is 23.1 Å². The summed E-state index contributed by atoms with van der Waals surface area (Å²) < 4.78 is 38.6. The van der Waals surface area contributed by atoms with Gasteiger partial charge in [-0.25, -0.2) is 0 Å². The summed E-state index contributed by atoms with van der Waals surface area (Å²) in [6, 6.07) is 0. The van der Waals surface area contributed by atoms with Crippen LogP contribution in [0.15, 0.2) is 9.72 Å². The fourth-order valence-corrected chi connectivity index (χ4v) is 2.87. The van der Waals surface area contributed by atoms with Gasteiger partial charge in [-0.2, -0.15) is 13.4 Å². The van der Waals surface area contributed by atoms with Crippen molar-refractivity contribution in [1.29, 1.82) is 0 Å². The van der Waals surface area contributed by atoms with E-state index >= 15 is 0 Å². The summed E-state index contributed by atoms with van der Waals surface area (Å²) in [5.41, 5.74) is 0. The summed E-state index contributed by atoms with van der Waals surface area (Å²) in [7, 11) is -3.51. The number of halogens is 1. The Kier molecular flexibility index (Phi) is 4.81. The van der Waals surface area contributed by atoms with E-state index in [2.05, 4.69) is 9.17 Å². The van der Waals surface area contributed by atoms with E-state index in [0.717, 1.165) is 6.26 Å². The Morgan fingerprint density at radius 1 is 1.67 bits per heavy atom. The molecule has 0 aliphatic heterocycles. The zero-order valence-corrected chi connectivity index (χ0v) is 10.4. The summed E-state index contributed by atoms with van der Waals surface area (Å²) in [5, 5.41) is 1.51. The molecular formula is C7H10FNO3S3. The largest absolute Gasteiger partial charge is 0.361 e. The molecule has 0 unspecified atom stereocenters. The van der Waals surface area contributed by atoms with Crippen LogP contribution in [0.2, 0.25) is 0 Å². The van der Waals surface area contributed by atoms with Crippen LogP contribution in [0.25, 0.3) is 0 Å². The van der Waals surface area contributed by atoms with Gasteiger partial charge in [-0.05, 0) is 6.42 Å². The molecule has 0 radical (unpaired) electrons. The van der Waals surface area contributed by atoms with Gasteiger partial charge in [-0.1, -0.05) is 11.8 Å². The lowest BCUT2D eigenvalue weighted by Crippen LogP contribution is -2.05. The van der Waals surface area contributed by atoms with Gasteiger partial charge >= 0.3 is 10.1 Å². The van der Waals surface area contributed by atoms with Gasteiger partial charge in [0.15, 0.2) is 4.34 Å². The summed E-state index contributed by atoms with van der Waals surface area (Å²) in [6.45, 7) is -0.356. The molecule has 0 bridgehead atoms. The van der Waals surface area contributed by atoms with Crippen LogP contribution in [0.1, 0.15) is 6.42 Å². The van der Waals surface area contributed by atoms with Crippen LogP contribution in [-0.4, -0.2) is 32.1 Å². The molecule has 1 heterocycles. The molecule has 8 heteroatoms. The third-order valence-corrected chi connectivity index (χ3v) is 3.76. The smallest absolute Gasteiger partial charge is 0.307 e. The van der Waals surface area contributed by atoms with E-state index < -0.39 is 10.1 Å². The molecule has 1 aromatic heterocycles. The lowest BCUT2D eigenvalue weighted by molar-refractivity contribution is 0.483. The van der Waals surface area contributed by atoms with Crippen molar-refractivity contribution < 1.29 is 17.0 Å². The quantitative estimate of drug-likeness (QED) is 0.449. The summed E-state index contributed by atoms with van der Waals surface area (Å²) in [5.74, 6) is 0.702. The SMILES string of the molecule is CS(=O)(=O)Oc1csc(SCCCF)n1.